The van der Waals surface area contributed by atoms with Crippen molar-refractivity contribution >= 4 is 29.1 Å². The first kappa shape index (κ1) is 23.0. The predicted molar refractivity (Wildman–Crippen MR) is 132 cm³/mol. The molecule has 178 valence electrons. The van der Waals surface area contributed by atoms with E-state index in [2.05, 4.69) is 29.1 Å². The third-order valence-corrected chi connectivity index (χ3v) is 7.21. The molecule has 1 aromatic carbocycles. The van der Waals surface area contributed by atoms with Gasteiger partial charge in [0.05, 0.1) is 10.5 Å². The fourth-order valence-corrected chi connectivity index (χ4v) is 5.53. The van der Waals surface area contributed by atoms with E-state index in [1.807, 2.05) is 12.1 Å². The number of H-pyrrole nitrogens is 1. The monoisotopic (exact) mass is 489 g/mol. The summed E-state index contributed by atoms with van der Waals surface area (Å²) in [6, 6.07) is 9.94. The van der Waals surface area contributed by atoms with Gasteiger partial charge in [0.25, 0.3) is 11.2 Å². The summed E-state index contributed by atoms with van der Waals surface area (Å²) in [5, 5.41) is 14.6. The average molecular weight is 490 g/mol. The number of carbonyl (C=O) groups excluding carboxylic acids is 1. The van der Waals surface area contributed by atoms with Gasteiger partial charge in [-0.15, -0.1) is 0 Å². The lowest BCUT2D eigenvalue weighted by atomic mass is 9.69. The molecule has 5 rings (SSSR count). The number of aromatic amines is 1. The average Bonchev–Trinajstić information content (AvgIpc) is 2.81. The SMILES string of the molecule is CC1(C)CC(=O)C2=C(C1)Nc1nc(SCc3ccc([N+](=O)[O-])cc3)[nH]c(=O)c1C2c1ccncc1. The molecule has 0 saturated heterocycles. The van der Waals surface area contributed by atoms with Gasteiger partial charge in [0.1, 0.15) is 5.82 Å². The minimum atomic E-state index is -0.516. The maximum absolute atomic E-state index is 13.3. The van der Waals surface area contributed by atoms with Crippen LogP contribution < -0.4 is 10.9 Å². The van der Waals surface area contributed by atoms with Crippen LogP contribution in [-0.2, 0) is 10.5 Å². The lowest BCUT2D eigenvalue weighted by molar-refractivity contribution is -0.384. The lowest BCUT2D eigenvalue weighted by Gasteiger charge is -2.38. The van der Waals surface area contributed by atoms with E-state index in [0.29, 0.717) is 40.7 Å². The summed E-state index contributed by atoms with van der Waals surface area (Å²) >= 11 is 1.33. The summed E-state index contributed by atoms with van der Waals surface area (Å²) in [6.45, 7) is 4.12. The van der Waals surface area contributed by atoms with Gasteiger partial charge in [-0.2, -0.15) is 0 Å². The number of hydrogen-bond donors (Lipinski definition) is 2. The predicted octanol–water partition coefficient (Wildman–Crippen LogP) is 4.57. The van der Waals surface area contributed by atoms with E-state index in [9.17, 15) is 19.7 Å². The van der Waals surface area contributed by atoms with Gasteiger partial charge in [-0.3, -0.25) is 24.7 Å². The number of nitro groups is 1. The van der Waals surface area contributed by atoms with Crippen molar-refractivity contribution in [2.45, 2.75) is 43.5 Å². The van der Waals surface area contributed by atoms with Crippen LogP contribution in [0.3, 0.4) is 0 Å². The summed E-state index contributed by atoms with van der Waals surface area (Å²) in [7, 11) is 0. The number of non-ortho nitro benzene ring substituents is 1. The second kappa shape index (κ2) is 8.77. The lowest BCUT2D eigenvalue weighted by Crippen LogP contribution is -2.37. The topological polar surface area (TPSA) is 131 Å². The van der Waals surface area contributed by atoms with Gasteiger partial charge in [0.15, 0.2) is 10.9 Å². The number of nitrogens with zero attached hydrogens (tertiary/aromatic N) is 3. The van der Waals surface area contributed by atoms with Crippen LogP contribution in [-0.4, -0.2) is 25.7 Å². The number of anilines is 1. The number of fused-ring (bicyclic) bond motifs is 1. The van der Waals surface area contributed by atoms with Crippen molar-refractivity contribution in [2.75, 3.05) is 5.32 Å². The third kappa shape index (κ3) is 4.49. The molecule has 0 saturated carbocycles. The molecule has 2 aliphatic rings. The Morgan fingerprint density at radius 1 is 1.11 bits per heavy atom. The molecular formula is C25H23N5O4S. The van der Waals surface area contributed by atoms with Crippen LogP contribution in [0.15, 0.2) is 70.0 Å². The largest absolute Gasteiger partial charge is 0.343 e. The van der Waals surface area contributed by atoms with E-state index in [1.165, 1.54) is 23.9 Å². The zero-order valence-electron chi connectivity index (χ0n) is 19.2. The number of Topliss-reactive ketones (excluding diaryl/α,β-unsaturated/α-hetero) is 1. The second-order valence-electron chi connectivity index (χ2n) is 9.52. The van der Waals surface area contributed by atoms with E-state index in [4.69, 9.17) is 4.98 Å². The van der Waals surface area contributed by atoms with Gasteiger partial charge in [0, 0.05) is 53.9 Å². The highest BCUT2D eigenvalue weighted by atomic mass is 32.2. The molecule has 0 spiro atoms. The molecule has 0 amide bonds. The highest BCUT2D eigenvalue weighted by molar-refractivity contribution is 7.98. The summed E-state index contributed by atoms with van der Waals surface area (Å²) < 4.78 is 0. The molecule has 1 aliphatic carbocycles. The molecule has 10 heteroatoms. The van der Waals surface area contributed by atoms with Gasteiger partial charge in [0.2, 0.25) is 0 Å². The van der Waals surface area contributed by atoms with E-state index in [1.54, 1.807) is 24.5 Å². The molecule has 0 radical (unpaired) electrons. The van der Waals surface area contributed by atoms with Crippen LogP contribution in [0.2, 0.25) is 0 Å². The van der Waals surface area contributed by atoms with Crippen LogP contribution in [0.4, 0.5) is 11.5 Å². The van der Waals surface area contributed by atoms with Gasteiger partial charge >= 0.3 is 0 Å². The third-order valence-electron chi connectivity index (χ3n) is 6.26. The van der Waals surface area contributed by atoms with Crippen LogP contribution in [0.5, 0.6) is 0 Å². The van der Waals surface area contributed by atoms with Gasteiger partial charge in [-0.05, 0) is 35.1 Å². The van der Waals surface area contributed by atoms with Crippen molar-refractivity contribution in [1.82, 2.24) is 15.0 Å². The zero-order chi connectivity index (χ0) is 24.7. The van der Waals surface area contributed by atoms with Crippen molar-refractivity contribution in [3.63, 3.8) is 0 Å². The summed E-state index contributed by atoms with van der Waals surface area (Å²) in [6.07, 6.45) is 4.41. The number of nitrogens with one attached hydrogen (secondary N) is 2. The molecule has 1 atom stereocenters. The number of nitro benzene ring substituents is 1. The second-order valence-corrected chi connectivity index (χ2v) is 10.5. The first-order valence-corrected chi connectivity index (χ1v) is 12.1. The van der Waals surface area contributed by atoms with Crippen molar-refractivity contribution in [1.29, 1.82) is 0 Å². The number of pyridine rings is 1. The highest BCUT2D eigenvalue weighted by Crippen LogP contribution is 2.47. The fraction of sp³-hybridized carbons (Fsp3) is 0.280. The molecule has 0 fully saturated rings. The van der Waals surface area contributed by atoms with Crippen LogP contribution in [0.1, 0.15) is 49.3 Å². The standard InChI is InChI=1S/C25H23N5O4S/c1-25(2)11-17-20(18(31)12-25)19(15-7-9-26-10-8-15)21-22(27-17)28-24(29-23(21)32)35-13-14-3-5-16(6-4-14)30(33)34/h3-10,19H,11-13H2,1-2H3,(H2,27,28,29,32). The van der Waals surface area contributed by atoms with Crippen molar-refractivity contribution in [2.24, 2.45) is 5.41 Å². The molecule has 3 heterocycles. The number of carbonyl (C=O) groups is 1. The van der Waals surface area contributed by atoms with E-state index < -0.39 is 10.8 Å². The van der Waals surface area contributed by atoms with E-state index >= 15 is 0 Å². The van der Waals surface area contributed by atoms with Crippen LogP contribution in [0.25, 0.3) is 0 Å². The molecule has 1 aliphatic heterocycles. The molecule has 1 unspecified atom stereocenters. The smallest absolute Gasteiger partial charge is 0.269 e. The Kier molecular flexibility index (Phi) is 5.76. The molecule has 0 bridgehead atoms. The first-order chi connectivity index (χ1) is 16.7. The Labute approximate surface area is 205 Å². The van der Waals surface area contributed by atoms with E-state index in [0.717, 1.165) is 16.8 Å². The number of ketones is 1. The molecular weight excluding hydrogens is 466 g/mol. The summed E-state index contributed by atoms with van der Waals surface area (Å²) in [4.78, 5) is 48.7. The Bertz CT molecular complexity index is 1410. The Balaban J connectivity index is 1.51. The first-order valence-electron chi connectivity index (χ1n) is 11.2. The minimum Gasteiger partial charge on any atom is -0.343 e. The minimum absolute atomic E-state index is 0.0273. The fourth-order valence-electron chi connectivity index (χ4n) is 4.72. The normalized spacial score (nSPS) is 18.5. The zero-order valence-corrected chi connectivity index (χ0v) is 20.0. The number of hydrogen-bond acceptors (Lipinski definition) is 8. The van der Waals surface area contributed by atoms with Crippen LogP contribution >= 0.6 is 11.8 Å². The Morgan fingerprint density at radius 2 is 1.83 bits per heavy atom. The molecule has 2 aromatic heterocycles. The number of allylic oxidation sites excluding steroid dienone is 2. The number of benzene rings is 1. The maximum Gasteiger partial charge on any atom is 0.269 e. The van der Waals surface area contributed by atoms with Crippen molar-refractivity contribution in [3.05, 3.63) is 97.2 Å². The maximum atomic E-state index is 13.3. The Morgan fingerprint density at radius 3 is 2.51 bits per heavy atom. The van der Waals surface area contributed by atoms with Crippen LogP contribution in [0, 0.1) is 15.5 Å². The van der Waals surface area contributed by atoms with Crippen molar-refractivity contribution < 1.29 is 9.72 Å². The molecule has 35 heavy (non-hydrogen) atoms. The molecule has 2 N–H and O–H groups in total. The highest BCUT2D eigenvalue weighted by Gasteiger charge is 2.42. The van der Waals surface area contributed by atoms with Crippen molar-refractivity contribution in [3.8, 4) is 0 Å². The molecule has 9 nitrogen and oxygen atoms in total. The number of aromatic nitrogens is 3. The molecule has 3 aromatic rings. The van der Waals surface area contributed by atoms with E-state index in [-0.39, 0.29) is 22.4 Å². The summed E-state index contributed by atoms with van der Waals surface area (Å²) in [5.74, 6) is 0.448. The summed E-state index contributed by atoms with van der Waals surface area (Å²) in [5.41, 5.74) is 3.07. The Hall–Kier alpha value is -3.79. The van der Waals surface area contributed by atoms with Gasteiger partial charge in [-0.1, -0.05) is 37.7 Å². The number of rotatable bonds is 5. The van der Waals surface area contributed by atoms with Gasteiger partial charge < -0.3 is 10.3 Å². The quantitative estimate of drug-likeness (QED) is 0.231. The number of thioether (sulfide) groups is 1. The van der Waals surface area contributed by atoms with Gasteiger partial charge in [-0.25, -0.2) is 4.98 Å².